The van der Waals surface area contributed by atoms with Crippen LogP contribution < -0.4 is 5.32 Å². The smallest absolute Gasteiger partial charge is 0.376 e. The summed E-state index contributed by atoms with van der Waals surface area (Å²) in [7, 11) is 1.27. The van der Waals surface area contributed by atoms with Gasteiger partial charge in [-0.25, -0.2) is 14.8 Å². The van der Waals surface area contributed by atoms with E-state index in [1.165, 1.54) is 13.3 Å². The predicted molar refractivity (Wildman–Crippen MR) is 67.4 cm³/mol. The van der Waals surface area contributed by atoms with E-state index in [-0.39, 0.29) is 5.82 Å². The summed E-state index contributed by atoms with van der Waals surface area (Å²) >= 11 is 0. The highest BCUT2D eigenvalue weighted by Gasteiger charge is 2.35. The molecule has 0 unspecified atom stereocenters. The van der Waals surface area contributed by atoms with E-state index < -0.39 is 17.1 Å². The van der Waals surface area contributed by atoms with Gasteiger partial charge in [-0.05, 0) is 33.8 Å². The molecule has 0 spiro atoms. The molecule has 0 aromatic carbocycles. The summed E-state index contributed by atoms with van der Waals surface area (Å²) in [5.74, 6) is -0.161. The lowest BCUT2D eigenvalue weighted by Gasteiger charge is -2.38. The minimum absolute atomic E-state index is 0.0194. The van der Waals surface area contributed by atoms with Crippen molar-refractivity contribution in [1.82, 2.24) is 9.97 Å². The number of rotatable bonds is 4. The minimum atomic E-state index is -0.955. The Morgan fingerprint density at radius 3 is 2.50 bits per heavy atom. The number of aromatic nitrogens is 2. The van der Waals surface area contributed by atoms with Gasteiger partial charge in [0, 0.05) is 6.20 Å². The summed E-state index contributed by atoms with van der Waals surface area (Å²) in [5.41, 5.74) is -1.57. The molecule has 6 heteroatoms. The van der Waals surface area contributed by atoms with E-state index in [1.54, 1.807) is 19.9 Å². The number of ether oxygens (including phenoxy) is 1. The predicted octanol–water partition coefficient (Wildman–Crippen LogP) is 1.22. The van der Waals surface area contributed by atoms with Gasteiger partial charge < -0.3 is 15.2 Å². The van der Waals surface area contributed by atoms with Crippen molar-refractivity contribution < 1.29 is 14.6 Å². The Kier molecular flexibility index (Phi) is 3.91. The Morgan fingerprint density at radius 1 is 1.39 bits per heavy atom. The van der Waals surface area contributed by atoms with Crippen LogP contribution in [-0.4, -0.2) is 39.3 Å². The van der Waals surface area contributed by atoms with Gasteiger partial charge in [-0.15, -0.1) is 0 Å². The number of carbonyl (C=O) groups is 1. The molecule has 100 valence electrons. The summed E-state index contributed by atoms with van der Waals surface area (Å²) < 4.78 is 4.55. The van der Waals surface area contributed by atoms with Gasteiger partial charge in [0.05, 0.1) is 18.2 Å². The number of esters is 1. The molecule has 1 rings (SSSR count). The van der Waals surface area contributed by atoms with Crippen molar-refractivity contribution in [3.63, 3.8) is 0 Å². The summed E-state index contributed by atoms with van der Waals surface area (Å²) in [4.78, 5) is 19.2. The number of anilines is 1. The van der Waals surface area contributed by atoms with Gasteiger partial charge in [0.2, 0.25) is 5.82 Å². The van der Waals surface area contributed by atoms with Crippen LogP contribution in [0.1, 0.15) is 38.3 Å². The summed E-state index contributed by atoms with van der Waals surface area (Å²) in [5, 5.41) is 13.1. The quantitative estimate of drug-likeness (QED) is 0.785. The maximum Gasteiger partial charge on any atom is 0.376 e. The van der Waals surface area contributed by atoms with Crippen molar-refractivity contribution in [3.8, 4) is 0 Å². The molecule has 1 heterocycles. The number of hydrogen-bond acceptors (Lipinski definition) is 6. The molecule has 0 atom stereocenters. The van der Waals surface area contributed by atoms with Crippen LogP contribution in [0.3, 0.4) is 0 Å². The molecular formula is C12H19N3O3. The Labute approximate surface area is 106 Å². The SMILES string of the molecule is COC(=O)c1nccc(NC(C)(C)C(C)(C)O)n1. The zero-order valence-corrected chi connectivity index (χ0v) is 11.3. The van der Waals surface area contributed by atoms with Gasteiger partial charge in [-0.3, -0.25) is 0 Å². The molecule has 0 saturated carbocycles. The Hall–Kier alpha value is -1.69. The third-order valence-corrected chi connectivity index (χ3v) is 2.99. The molecule has 0 aliphatic rings. The molecule has 0 aliphatic heterocycles. The fraction of sp³-hybridized carbons (Fsp3) is 0.583. The molecule has 0 aliphatic carbocycles. The topological polar surface area (TPSA) is 84.3 Å². The van der Waals surface area contributed by atoms with Crippen LogP contribution in [0.4, 0.5) is 5.82 Å². The monoisotopic (exact) mass is 253 g/mol. The molecule has 0 saturated heterocycles. The average Bonchev–Trinajstić information content (AvgIpc) is 2.26. The van der Waals surface area contributed by atoms with Crippen LogP contribution in [-0.2, 0) is 4.74 Å². The highest BCUT2D eigenvalue weighted by atomic mass is 16.5. The molecule has 1 aromatic heterocycles. The Bertz CT molecular complexity index is 438. The van der Waals surface area contributed by atoms with Gasteiger partial charge in [-0.1, -0.05) is 0 Å². The summed E-state index contributed by atoms with van der Waals surface area (Å²) in [6.07, 6.45) is 1.46. The van der Waals surface area contributed by atoms with Crippen molar-refractivity contribution in [2.24, 2.45) is 0 Å². The molecule has 2 N–H and O–H groups in total. The molecule has 1 aromatic rings. The van der Waals surface area contributed by atoms with Crippen molar-refractivity contribution >= 4 is 11.8 Å². The van der Waals surface area contributed by atoms with Crippen LogP contribution in [0.15, 0.2) is 12.3 Å². The van der Waals surface area contributed by atoms with Gasteiger partial charge in [0.1, 0.15) is 5.82 Å². The highest BCUT2D eigenvalue weighted by Crippen LogP contribution is 2.24. The van der Waals surface area contributed by atoms with E-state index in [0.29, 0.717) is 5.82 Å². The Balaban J connectivity index is 2.96. The lowest BCUT2D eigenvalue weighted by atomic mass is 9.86. The van der Waals surface area contributed by atoms with E-state index in [4.69, 9.17) is 0 Å². The van der Waals surface area contributed by atoms with E-state index in [1.807, 2.05) is 13.8 Å². The second-order valence-corrected chi connectivity index (χ2v) is 5.07. The third-order valence-electron chi connectivity index (χ3n) is 2.99. The first-order valence-corrected chi connectivity index (χ1v) is 5.59. The average molecular weight is 253 g/mol. The Morgan fingerprint density at radius 2 is 2.00 bits per heavy atom. The number of carbonyl (C=O) groups excluding carboxylic acids is 1. The molecule has 0 amide bonds. The first-order valence-electron chi connectivity index (χ1n) is 5.59. The standard InChI is InChI=1S/C12H19N3O3/c1-11(2,12(3,4)17)15-8-6-7-13-9(14-8)10(16)18-5/h6-7,17H,1-5H3,(H,13,14,15). The number of nitrogens with one attached hydrogen (secondary N) is 1. The largest absolute Gasteiger partial charge is 0.463 e. The van der Waals surface area contributed by atoms with Gasteiger partial charge in [0.15, 0.2) is 0 Å². The second kappa shape index (κ2) is 4.89. The van der Waals surface area contributed by atoms with Gasteiger partial charge >= 0.3 is 5.97 Å². The lowest BCUT2D eigenvalue weighted by molar-refractivity contribution is 0.0238. The molecule has 18 heavy (non-hydrogen) atoms. The van der Waals surface area contributed by atoms with E-state index in [9.17, 15) is 9.90 Å². The van der Waals surface area contributed by atoms with Crippen LogP contribution in [0.5, 0.6) is 0 Å². The van der Waals surface area contributed by atoms with Crippen LogP contribution in [0, 0.1) is 0 Å². The number of hydrogen-bond donors (Lipinski definition) is 2. The maximum absolute atomic E-state index is 11.3. The highest BCUT2D eigenvalue weighted by molar-refractivity contribution is 5.85. The zero-order chi connectivity index (χ0) is 14.0. The fourth-order valence-electron chi connectivity index (χ4n) is 1.09. The molecular weight excluding hydrogens is 234 g/mol. The summed E-state index contributed by atoms with van der Waals surface area (Å²) in [6.45, 7) is 7.07. The molecule has 0 radical (unpaired) electrons. The minimum Gasteiger partial charge on any atom is -0.463 e. The fourth-order valence-corrected chi connectivity index (χ4v) is 1.09. The van der Waals surface area contributed by atoms with Crippen LogP contribution >= 0.6 is 0 Å². The van der Waals surface area contributed by atoms with E-state index >= 15 is 0 Å². The second-order valence-electron chi connectivity index (χ2n) is 5.07. The molecule has 0 fully saturated rings. The van der Waals surface area contributed by atoms with Crippen LogP contribution in [0.2, 0.25) is 0 Å². The number of aliphatic hydroxyl groups is 1. The van der Waals surface area contributed by atoms with E-state index in [2.05, 4.69) is 20.0 Å². The first kappa shape index (κ1) is 14.4. The van der Waals surface area contributed by atoms with Gasteiger partial charge in [0.25, 0.3) is 0 Å². The number of methoxy groups -OCH3 is 1. The molecule has 0 bridgehead atoms. The van der Waals surface area contributed by atoms with Crippen molar-refractivity contribution in [2.45, 2.75) is 38.8 Å². The third kappa shape index (κ3) is 3.16. The maximum atomic E-state index is 11.3. The number of nitrogens with zero attached hydrogens (tertiary/aromatic N) is 2. The first-order chi connectivity index (χ1) is 8.17. The molecule has 6 nitrogen and oxygen atoms in total. The van der Waals surface area contributed by atoms with E-state index in [0.717, 1.165) is 0 Å². The lowest BCUT2D eigenvalue weighted by Crippen LogP contribution is -2.51. The zero-order valence-electron chi connectivity index (χ0n) is 11.3. The summed E-state index contributed by atoms with van der Waals surface area (Å²) in [6, 6.07) is 1.62. The normalized spacial score (nSPS) is 12.1. The van der Waals surface area contributed by atoms with Crippen molar-refractivity contribution in [3.05, 3.63) is 18.1 Å². The van der Waals surface area contributed by atoms with Gasteiger partial charge in [-0.2, -0.15) is 0 Å². The van der Waals surface area contributed by atoms with Crippen molar-refractivity contribution in [1.29, 1.82) is 0 Å². The van der Waals surface area contributed by atoms with Crippen molar-refractivity contribution in [2.75, 3.05) is 12.4 Å². The van der Waals surface area contributed by atoms with Crippen LogP contribution in [0.25, 0.3) is 0 Å².